The van der Waals surface area contributed by atoms with Crippen LogP contribution in [0.5, 0.6) is 0 Å². The number of carboxylic acids is 1. The van der Waals surface area contributed by atoms with E-state index in [0.29, 0.717) is 19.7 Å². The number of nitrogens with one attached hydrogen (secondary N) is 1. The van der Waals surface area contributed by atoms with Crippen LogP contribution in [0.25, 0.3) is 11.1 Å². The van der Waals surface area contributed by atoms with E-state index in [2.05, 4.69) is 5.32 Å². The zero-order chi connectivity index (χ0) is 22.7. The first-order chi connectivity index (χ1) is 15.4. The Morgan fingerprint density at radius 1 is 1.12 bits per heavy atom. The predicted octanol–water partition coefficient (Wildman–Crippen LogP) is 2.62. The predicted molar refractivity (Wildman–Crippen MR) is 116 cm³/mol. The Morgan fingerprint density at radius 2 is 1.75 bits per heavy atom. The SMILES string of the molecule is CC1CN(C(=O)C(CC(=O)O)NC(=O)OCC2c3ccccc3-c3ccccc32)CCO1. The minimum absolute atomic E-state index is 0.0857. The molecule has 2 N–H and O–H groups in total. The third-order valence-corrected chi connectivity index (χ3v) is 5.87. The van der Waals surface area contributed by atoms with E-state index in [9.17, 15) is 19.5 Å². The number of benzene rings is 2. The third-order valence-electron chi connectivity index (χ3n) is 5.87. The van der Waals surface area contributed by atoms with Gasteiger partial charge in [-0.1, -0.05) is 48.5 Å². The van der Waals surface area contributed by atoms with Crippen molar-refractivity contribution in [1.29, 1.82) is 0 Å². The molecule has 0 spiro atoms. The molecule has 168 valence electrons. The molecule has 2 aromatic carbocycles. The smallest absolute Gasteiger partial charge is 0.407 e. The van der Waals surface area contributed by atoms with Gasteiger partial charge in [0, 0.05) is 19.0 Å². The van der Waals surface area contributed by atoms with Crippen LogP contribution in [0.1, 0.15) is 30.4 Å². The van der Waals surface area contributed by atoms with Gasteiger partial charge >= 0.3 is 12.1 Å². The summed E-state index contributed by atoms with van der Waals surface area (Å²) in [4.78, 5) is 38.2. The summed E-state index contributed by atoms with van der Waals surface area (Å²) in [6, 6.07) is 14.7. The fourth-order valence-electron chi connectivity index (χ4n) is 4.40. The summed E-state index contributed by atoms with van der Waals surface area (Å²) in [5, 5.41) is 11.7. The van der Waals surface area contributed by atoms with Crippen LogP contribution in [0.4, 0.5) is 4.79 Å². The molecule has 8 nitrogen and oxygen atoms in total. The molecule has 0 aromatic heterocycles. The van der Waals surface area contributed by atoms with Gasteiger partial charge in [-0.15, -0.1) is 0 Å². The number of hydrogen-bond acceptors (Lipinski definition) is 5. The Labute approximate surface area is 186 Å². The second-order valence-electron chi connectivity index (χ2n) is 8.09. The van der Waals surface area contributed by atoms with Crippen LogP contribution in [0.3, 0.4) is 0 Å². The zero-order valence-corrected chi connectivity index (χ0v) is 17.8. The van der Waals surface area contributed by atoms with Gasteiger partial charge in [-0.05, 0) is 29.2 Å². The molecule has 1 heterocycles. The Hall–Kier alpha value is -3.39. The Morgan fingerprint density at radius 3 is 2.34 bits per heavy atom. The number of morpholine rings is 1. The van der Waals surface area contributed by atoms with Crippen molar-refractivity contribution in [2.45, 2.75) is 31.4 Å². The molecule has 1 saturated heterocycles. The van der Waals surface area contributed by atoms with E-state index < -0.39 is 30.4 Å². The van der Waals surface area contributed by atoms with Gasteiger partial charge in [0.25, 0.3) is 0 Å². The number of amides is 2. The summed E-state index contributed by atoms with van der Waals surface area (Å²) >= 11 is 0. The van der Waals surface area contributed by atoms with Crippen LogP contribution in [0.2, 0.25) is 0 Å². The summed E-state index contributed by atoms with van der Waals surface area (Å²) < 4.78 is 10.9. The lowest BCUT2D eigenvalue weighted by Crippen LogP contribution is -2.54. The van der Waals surface area contributed by atoms with Crippen LogP contribution in [-0.2, 0) is 19.1 Å². The highest BCUT2D eigenvalue weighted by atomic mass is 16.5. The third kappa shape index (κ3) is 4.60. The average molecular weight is 438 g/mol. The first-order valence-electron chi connectivity index (χ1n) is 10.7. The van der Waals surface area contributed by atoms with Crippen LogP contribution < -0.4 is 5.32 Å². The van der Waals surface area contributed by atoms with Gasteiger partial charge in [0.05, 0.1) is 19.1 Å². The molecule has 0 radical (unpaired) electrons. The number of aliphatic carboxylic acids is 1. The summed E-state index contributed by atoms with van der Waals surface area (Å²) in [5.41, 5.74) is 4.36. The van der Waals surface area contributed by atoms with Crippen LogP contribution >= 0.6 is 0 Å². The van der Waals surface area contributed by atoms with Crippen molar-refractivity contribution >= 4 is 18.0 Å². The van der Waals surface area contributed by atoms with E-state index in [1.54, 1.807) is 0 Å². The van der Waals surface area contributed by atoms with Crippen molar-refractivity contribution < 1.29 is 29.0 Å². The van der Waals surface area contributed by atoms with Crippen LogP contribution in [-0.4, -0.2) is 66.4 Å². The molecular formula is C24H26N2O6. The normalized spacial score (nSPS) is 18.4. The van der Waals surface area contributed by atoms with E-state index in [-0.39, 0.29) is 18.6 Å². The number of alkyl carbamates (subject to hydrolysis) is 1. The highest BCUT2D eigenvalue weighted by molar-refractivity contribution is 5.89. The first-order valence-corrected chi connectivity index (χ1v) is 10.7. The summed E-state index contributed by atoms with van der Waals surface area (Å²) in [7, 11) is 0. The van der Waals surface area contributed by atoms with Gasteiger partial charge in [0.2, 0.25) is 5.91 Å². The van der Waals surface area contributed by atoms with E-state index >= 15 is 0 Å². The summed E-state index contributed by atoms with van der Waals surface area (Å²) in [6.07, 6.45) is -1.48. The lowest BCUT2D eigenvalue weighted by atomic mass is 9.98. The van der Waals surface area contributed by atoms with E-state index in [1.165, 1.54) is 4.90 Å². The Bertz CT molecular complexity index is 978. The molecule has 1 aliphatic heterocycles. The van der Waals surface area contributed by atoms with Crippen molar-refractivity contribution in [1.82, 2.24) is 10.2 Å². The van der Waals surface area contributed by atoms with Crippen molar-refractivity contribution in [3.05, 3.63) is 59.7 Å². The van der Waals surface area contributed by atoms with E-state index in [4.69, 9.17) is 9.47 Å². The maximum Gasteiger partial charge on any atom is 0.407 e. The van der Waals surface area contributed by atoms with Gasteiger partial charge in [-0.2, -0.15) is 0 Å². The molecule has 8 heteroatoms. The molecule has 2 atom stereocenters. The van der Waals surface area contributed by atoms with Crippen molar-refractivity contribution in [3.8, 4) is 11.1 Å². The Kier molecular flexibility index (Phi) is 6.41. The number of nitrogens with zero attached hydrogens (tertiary/aromatic N) is 1. The monoisotopic (exact) mass is 438 g/mol. The summed E-state index contributed by atoms with van der Waals surface area (Å²) in [6.45, 7) is 3.00. The average Bonchev–Trinajstić information content (AvgIpc) is 3.10. The molecule has 0 bridgehead atoms. The molecule has 2 aromatic rings. The maximum atomic E-state index is 12.8. The fourth-order valence-corrected chi connectivity index (χ4v) is 4.40. The van der Waals surface area contributed by atoms with Crippen molar-refractivity contribution in [2.75, 3.05) is 26.3 Å². The van der Waals surface area contributed by atoms with Crippen molar-refractivity contribution in [2.24, 2.45) is 0 Å². The molecule has 0 saturated carbocycles. The molecule has 1 aliphatic carbocycles. The van der Waals surface area contributed by atoms with Gasteiger partial charge in [-0.25, -0.2) is 4.79 Å². The van der Waals surface area contributed by atoms with Gasteiger partial charge in [0.15, 0.2) is 0 Å². The molecule has 32 heavy (non-hydrogen) atoms. The quantitative estimate of drug-likeness (QED) is 0.718. The molecule has 2 amide bonds. The number of hydrogen-bond donors (Lipinski definition) is 2. The molecule has 2 aliphatic rings. The molecule has 1 fully saturated rings. The Balaban J connectivity index is 1.43. The first kappa shape index (κ1) is 21.8. The van der Waals surface area contributed by atoms with Crippen LogP contribution in [0, 0.1) is 0 Å². The highest BCUT2D eigenvalue weighted by Crippen LogP contribution is 2.44. The largest absolute Gasteiger partial charge is 0.481 e. The molecule has 2 unspecified atom stereocenters. The maximum absolute atomic E-state index is 12.8. The topological polar surface area (TPSA) is 105 Å². The number of ether oxygens (including phenoxy) is 2. The van der Waals surface area contributed by atoms with Gasteiger partial charge < -0.3 is 24.8 Å². The second kappa shape index (κ2) is 9.40. The van der Waals surface area contributed by atoms with Gasteiger partial charge in [0.1, 0.15) is 12.6 Å². The summed E-state index contributed by atoms with van der Waals surface area (Å²) in [5.74, 6) is -1.75. The lowest BCUT2D eigenvalue weighted by molar-refractivity contribution is -0.145. The van der Waals surface area contributed by atoms with Crippen molar-refractivity contribution in [3.63, 3.8) is 0 Å². The number of carboxylic acid groups (broad SMARTS) is 1. The number of fused-ring (bicyclic) bond motifs is 3. The minimum Gasteiger partial charge on any atom is -0.481 e. The standard InChI is InChI=1S/C24H26N2O6/c1-15-13-26(10-11-31-15)23(29)21(12-22(27)28)25-24(30)32-14-20-18-8-4-2-6-16(18)17-7-3-5-9-19(17)20/h2-9,15,20-21H,10-14H2,1H3,(H,25,30)(H,27,28). The number of rotatable bonds is 6. The van der Waals surface area contributed by atoms with E-state index in [1.807, 2.05) is 55.5 Å². The lowest BCUT2D eigenvalue weighted by Gasteiger charge is -2.33. The number of carbonyl (C=O) groups is 3. The fraction of sp³-hybridized carbons (Fsp3) is 0.375. The minimum atomic E-state index is -1.20. The number of carbonyl (C=O) groups excluding carboxylic acids is 2. The molecular weight excluding hydrogens is 412 g/mol. The highest BCUT2D eigenvalue weighted by Gasteiger charge is 2.32. The van der Waals surface area contributed by atoms with E-state index in [0.717, 1.165) is 22.3 Å². The molecule has 4 rings (SSSR count). The zero-order valence-electron chi connectivity index (χ0n) is 17.8. The van der Waals surface area contributed by atoms with Crippen LogP contribution in [0.15, 0.2) is 48.5 Å². The van der Waals surface area contributed by atoms with Gasteiger partial charge in [-0.3, -0.25) is 9.59 Å². The second-order valence-corrected chi connectivity index (χ2v) is 8.09.